The summed E-state index contributed by atoms with van der Waals surface area (Å²) in [4.78, 5) is 24.6. The lowest BCUT2D eigenvalue weighted by Crippen LogP contribution is -2.45. The van der Waals surface area contributed by atoms with Gasteiger partial charge < -0.3 is 20.3 Å². The summed E-state index contributed by atoms with van der Waals surface area (Å²) in [5.41, 5.74) is 0. The van der Waals surface area contributed by atoms with E-state index in [0.29, 0.717) is 25.9 Å². The van der Waals surface area contributed by atoms with Crippen LogP contribution < -0.4 is 5.32 Å². The maximum absolute atomic E-state index is 12.5. The first-order valence-corrected chi connectivity index (χ1v) is 35.4. The molecule has 6 heteroatoms. The average Bonchev–Trinajstić information content (AvgIpc) is 3.45. The number of amides is 1. The molecule has 0 aliphatic rings. The zero-order chi connectivity index (χ0) is 57.1. The van der Waals surface area contributed by atoms with Crippen LogP contribution >= 0.6 is 0 Å². The van der Waals surface area contributed by atoms with E-state index in [1.165, 1.54) is 289 Å². The third kappa shape index (κ3) is 64.8. The Hall–Kier alpha value is -2.18. The van der Waals surface area contributed by atoms with Crippen LogP contribution in [-0.2, 0) is 14.3 Å². The zero-order valence-electron chi connectivity index (χ0n) is 53.1. The van der Waals surface area contributed by atoms with Gasteiger partial charge in [-0.15, -0.1) is 0 Å². The number of carbonyl (C=O) groups is 2. The van der Waals surface area contributed by atoms with Gasteiger partial charge >= 0.3 is 5.97 Å². The van der Waals surface area contributed by atoms with Crippen molar-refractivity contribution in [3.8, 4) is 0 Å². The maximum atomic E-state index is 12.5. The number of aliphatic hydroxyl groups excluding tert-OH is 2. The molecule has 0 rings (SSSR count). The van der Waals surface area contributed by atoms with Crippen molar-refractivity contribution >= 4 is 11.9 Å². The Morgan fingerprint density at radius 1 is 0.354 bits per heavy atom. The second-order valence-corrected chi connectivity index (χ2v) is 24.2. The van der Waals surface area contributed by atoms with Crippen LogP contribution in [0.25, 0.3) is 0 Å². The Kier molecular flexibility index (Phi) is 66.4. The second kappa shape index (κ2) is 68.3. The molecule has 1 amide bonds. The summed E-state index contributed by atoms with van der Waals surface area (Å²) in [7, 11) is 0. The highest BCUT2D eigenvalue weighted by atomic mass is 16.5. The van der Waals surface area contributed by atoms with Crippen molar-refractivity contribution in [2.45, 2.75) is 392 Å². The Morgan fingerprint density at radius 3 is 1.01 bits per heavy atom. The van der Waals surface area contributed by atoms with Gasteiger partial charge in [0.25, 0.3) is 0 Å². The van der Waals surface area contributed by atoms with Crippen molar-refractivity contribution in [3.63, 3.8) is 0 Å². The predicted molar refractivity (Wildman–Crippen MR) is 347 cm³/mol. The molecule has 464 valence electrons. The van der Waals surface area contributed by atoms with Crippen molar-refractivity contribution in [3.05, 3.63) is 48.6 Å². The number of unbranched alkanes of at least 4 members (excludes halogenated alkanes) is 47. The van der Waals surface area contributed by atoms with Gasteiger partial charge in [-0.1, -0.05) is 332 Å². The molecule has 3 N–H and O–H groups in total. The molecule has 0 aromatic carbocycles. The van der Waals surface area contributed by atoms with Crippen LogP contribution in [0.1, 0.15) is 380 Å². The maximum Gasteiger partial charge on any atom is 0.305 e. The first-order valence-electron chi connectivity index (χ1n) is 35.4. The summed E-state index contributed by atoms with van der Waals surface area (Å²) >= 11 is 0. The van der Waals surface area contributed by atoms with Crippen molar-refractivity contribution < 1.29 is 24.5 Å². The third-order valence-electron chi connectivity index (χ3n) is 16.3. The average molecular weight is 1110 g/mol. The SMILES string of the molecule is CCC/C=C\C/C=C\CCCCCCCC(=O)OCCCCCCCCCCC/C=C\C/C=C\CCCCCCCCCCCCCCCC(=O)NC(CO)C(O)CCCCCCCCCCCCCCCCCCCCCC. The molecule has 79 heavy (non-hydrogen) atoms. The van der Waals surface area contributed by atoms with Crippen LogP contribution in [0.15, 0.2) is 48.6 Å². The number of rotatable bonds is 66. The minimum atomic E-state index is -0.667. The highest BCUT2D eigenvalue weighted by Crippen LogP contribution is 2.18. The van der Waals surface area contributed by atoms with Gasteiger partial charge in [0.15, 0.2) is 0 Å². The van der Waals surface area contributed by atoms with Gasteiger partial charge in [0.2, 0.25) is 5.91 Å². The zero-order valence-corrected chi connectivity index (χ0v) is 53.1. The number of esters is 1. The first-order chi connectivity index (χ1) is 39.0. The van der Waals surface area contributed by atoms with Crippen LogP contribution in [0.5, 0.6) is 0 Å². The summed E-state index contributed by atoms with van der Waals surface area (Å²) in [6.07, 6.45) is 88.7. The van der Waals surface area contributed by atoms with E-state index in [9.17, 15) is 19.8 Å². The smallest absolute Gasteiger partial charge is 0.305 e. The fourth-order valence-electron chi connectivity index (χ4n) is 10.9. The molecular formula is C73H137NO5. The molecule has 0 aromatic heterocycles. The van der Waals surface area contributed by atoms with Gasteiger partial charge in [-0.05, 0) is 83.5 Å². The number of hydrogen-bond donors (Lipinski definition) is 3. The molecule has 0 saturated carbocycles. The quantitative estimate of drug-likeness (QED) is 0.0320. The Morgan fingerprint density at radius 2 is 0.658 bits per heavy atom. The van der Waals surface area contributed by atoms with Crippen LogP contribution in [0.4, 0.5) is 0 Å². The molecule has 0 bridgehead atoms. The number of aliphatic hydroxyl groups is 2. The number of hydrogen-bond acceptors (Lipinski definition) is 5. The van der Waals surface area contributed by atoms with Crippen LogP contribution in [0.2, 0.25) is 0 Å². The minimum absolute atomic E-state index is 0.00328. The number of carbonyl (C=O) groups excluding carboxylic acids is 2. The van der Waals surface area contributed by atoms with Crippen LogP contribution in [0.3, 0.4) is 0 Å². The van der Waals surface area contributed by atoms with E-state index < -0.39 is 12.1 Å². The van der Waals surface area contributed by atoms with Gasteiger partial charge in [0.1, 0.15) is 0 Å². The fraction of sp³-hybridized carbons (Fsp3) is 0.863. The van der Waals surface area contributed by atoms with Gasteiger partial charge in [-0.3, -0.25) is 9.59 Å². The molecule has 0 saturated heterocycles. The molecule has 0 radical (unpaired) electrons. The molecule has 0 aliphatic carbocycles. The highest BCUT2D eigenvalue weighted by Gasteiger charge is 2.20. The number of ether oxygens (including phenoxy) is 1. The van der Waals surface area contributed by atoms with Crippen molar-refractivity contribution in [2.75, 3.05) is 13.2 Å². The summed E-state index contributed by atoms with van der Waals surface area (Å²) in [5, 5.41) is 23.4. The van der Waals surface area contributed by atoms with Crippen molar-refractivity contribution in [1.82, 2.24) is 5.32 Å². The molecule has 2 atom stereocenters. The molecule has 0 spiro atoms. The Balaban J connectivity index is 3.41. The predicted octanol–water partition coefficient (Wildman–Crippen LogP) is 22.9. The third-order valence-corrected chi connectivity index (χ3v) is 16.3. The van der Waals surface area contributed by atoms with Crippen LogP contribution in [-0.4, -0.2) is 47.4 Å². The van der Waals surface area contributed by atoms with Gasteiger partial charge in [0.05, 0.1) is 25.4 Å². The fourth-order valence-corrected chi connectivity index (χ4v) is 10.9. The summed E-state index contributed by atoms with van der Waals surface area (Å²) < 4.78 is 5.47. The Labute approximate surface area is 493 Å². The lowest BCUT2D eigenvalue weighted by molar-refractivity contribution is -0.143. The van der Waals surface area contributed by atoms with Crippen molar-refractivity contribution in [1.29, 1.82) is 0 Å². The van der Waals surface area contributed by atoms with E-state index in [2.05, 4.69) is 67.8 Å². The number of nitrogens with one attached hydrogen (secondary N) is 1. The topological polar surface area (TPSA) is 95.9 Å². The standard InChI is InChI=1S/C73H137NO5/c1-3-5-7-9-11-13-15-17-18-19-20-32-35-38-42-45-49-53-57-61-65-71(76)70(69-75)74-72(77)66-62-58-54-50-46-43-39-36-33-30-28-26-24-22-21-23-25-27-29-31-34-37-40-44-48-52-56-60-64-68-79-73(78)67-63-59-55-51-47-41-16-14-12-10-8-6-4-2/h8,10,14,16,21,23,27,29,70-71,75-76H,3-7,9,11-13,15,17-20,22,24-26,28,30-69H2,1-2H3,(H,74,77)/b10-8-,16-14-,23-21-,29-27-. The molecule has 0 heterocycles. The number of allylic oxidation sites excluding steroid dienone is 8. The minimum Gasteiger partial charge on any atom is -0.466 e. The first kappa shape index (κ1) is 76.8. The monoisotopic (exact) mass is 1110 g/mol. The summed E-state index contributed by atoms with van der Waals surface area (Å²) in [6.45, 7) is 4.91. The molecular weight excluding hydrogens is 971 g/mol. The highest BCUT2D eigenvalue weighted by molar-refractivity contribution is 5.76. The molecule has 0 aromatic rings. The lowest BCUT2D eigenvalue weighted by atomic mass is 10.0. The normalized spacial score (nSPS) is 12.8. The van der Waals surface area contributed by atoms with Gasteiger partial charge in [-0.25, -0.2) is 0 Å². The molecule has 6 nitrogen and oxygen atoms in total. The second-order valence-electron chi connectivity index (χ2n) is 24.2. The molecule has 2 unspecified atom stereocenters. The van der Waals surface area contributed by atoms with Gasteiger partial charge in [0, 0.05) is 12.8 Å². The Bertz CT molecular complexity index is 1320. The van der Waals surface area contributed by atoms with E-state index >= 15 is 0 Å². The van der Waals surface area contributed by atoms with Crippen LogP contribution in [0, 0.1) is 0 Å². The van der Waals surface area contributed by atoms with E-state index in [0.717, 1.165) is 57.8 Å². The summed E-state index contributed by atoms with van der Waals surface area (Å²) in [5.74, 6) is -0.0359. The summed E-state index contributed by atoms with van der Waals surface area (Å²) in [6, 6.07) is -0.544. The largest absolute Gasteiger partial charge is 0.466 e. The van der Waals surface area contributed by atoms with Gasteiger partial charge in [-0.2, -0.15) is 0 Å². The molecule has 0 fully saturated rings. The molecule has 0 aliphatic heterocycles. The van der Waals surface area contributed by atoms with Crippen molar-refractivity contribution in [2.24, 2.45) is 0 Å². The van der Waals surface area contributed by atoms with E-state index in [4.69, 9.17) is 4.74 Å². The lowest BCUT2D eigenvalue weighted by Gasteiger charge is -2.22. The van der Waals surface area contributed by atoms with E-state index in [1.807, 2.05) is 0 Å². The van der Waals surface area contributed by atoms with E-state index in [-0.39, 0.29) is 18.5 Å². The van der Waals surface area contributed by atoms with E-state index in [1.54, 1.807) is 0 Å².